The van der Waals surface area contributed by atoms with E-state index in [0.717, 1.165) is 30.7 Å². The van der Waals surface area contributed by atoms with Crippen LogP contribution in [0.5, 0.6) is 5.75 Å². The van der Waals surface area contributed by atoms with Crippen molar-refractivity contribution in [2.45, 2.75) is 25.4 Å². The van der Waals surface area contributed by atoms with Crippen LogP contribution in [0.2, 0.25) is 0 Å². The maximum atomic E-state index is 12.0. The zero-order chi connectivity index (χ0) is 15.2. The van der Waals surface area contributed by atoms with Crippen molar-refractivity contribution in [3.8, 4) is 5.75 Å². The maximum absolute atomic E-state index is 12.0. The predicted octanol–water partition coefficient (Wildman–Crippen LogP) is 1.49. The van der Waals surface area contributed by atoms with Crippen molar-refractivity contribution in [3.05, 3.63) is 42.5 Å². The number of aromatic nitrogens is 3. The first-order valence-electron chi connectivity index (χ1n) is 7.41. The minimum absolute atomic E-state index is 0.000246. The van der Waals surface area contributed by atoms with Gasteiger partial charge in [-0.2, -0.15) is 5.10 Å². The molecule has 0 aliphatic carbocycles. The molecule has 2 amide bonds. The Morgan fingerprint density at radius 3 is 3.18 bits per heavy atom. The summed E-state index contributed by atoms with van der Waals surface area (Å²) < 4.78 is 7.33. The second kappa shape index (κ2) is 6.93. The second-order valence-electron chi connectivity index (χ2n) is 5.14. The molecule has 0 saturated heterocycles. The molecule has 2 N–H and O–H groups in total. The molecule has 0 saturated carbocycles. The van der Waals surface area contributed by atoms with Crippen molar-refractivity contribution in [2.75, 3.05) is 13.2 Å². The molecule has 22 heavy (non-hydrogen) atoms. The van der Waals surface area contributed by atoms with Crippen LogP contribution in [-0.4, -0.2) is 33.9 Å². The van der Waals surface area contributed by atoms with E-state index < -0.39 is 0 Å². The number of hydrogen-bond acceptors (Lipinski definition) is 4. The number of carbonyl (C=O) groups is 1. The van der Waals surface area contributed by atoms with Crippen LogP contribution in [0.4, 0.5) is 4.79 Å². The van der Waals surface area contributed by atoms with Crippen molar-refractivity contribution >= 4 is 6.03 Å². The summed E-state index contributed by atoms with van der Waals surface area (Å²) in [5.41, 5.74) is 1.03. The fourth-order valence-corrected chi connectivity index (χ4v) is 2.49. The normalized spacial score (nSPS) is 16.5. The summed E-state index contributed by atoms with van der Waals surface area (Å²) in [6.07, 6.45) is 4.76. The van der Waals surface area contributed by atoms with Crippen LogP contribution < -0.4 is 15.4 Å². The zero-order valence-electron chi connectivity index (χ0n) is 12.2. The van der Waals surface area contributed by atoms with E-state index in [1.54, 1.807) is 11.0 Å². The van der Waals surface area contributed by atoms with Crippen molar-refractivity contribution in [2.24, 2.45) is 0 Å². The van der Waals surface area contributed by atoms with Gasteiger partial charge in [-0.1, -0.05) is 18.2 Å². The summed E-state index contributed by atoms with van der Waals surface area (Å²) in [4.78, 5) is 15.9. The molecule has 0 spiro atoms. The molecular weight excluding hydrogens is 282 g/mol. The first kappa shape index (κ1) is 14.4. The Morgan fingerprint density at radius 1 is 1.41 bits per heavy atom. The number of ether oxygens (including phenoxy) is 1. The Kier molecular flexibility index (Phi) is 4.53. The van der Waals surface area contributed by atoms with Crippen LogP contribution >= 0.6 is 0 Å². The predicted molar refractivity (Wildman–Crippen MR) is 80.5 cm³/mol. The average molecular weight is 301 g/mol. The molecule has 1 atom stereocenters. The third-order valence-electron chi connectivity index (χ3n) is 3.58. The molecule has 1 aromatic carbocycles. The summed E-state index contributed by atoms with van der Waals surface area (Å²) >= 11 is 0. The number of para-hydroxylation sites is 1. The third kappa shape index (κ3) is 3.55. The average Bonchev–Trinajstić information content (AvgIpc) is 3.05. The van der Waals surface area contributed by atoms with Gasteiger partial charge < -0.3 is 15.4 Å². The fraction of sp³-hybridized carbons (Fsp3) is 0.400. The summed E-state index contributed by atoms with van der Waals surface area (Å²) in [6, 6.07) is 7.66. The first-order chi connectivity index (χ1) is 10.8. The van der Waals surface area contributed by atoms with Crippen molar-refractivity contribution < 1.29 is 9.53 Å². The topological polar surface area (TPSA) is 81.1 Å². The molecule has 1 aromatic heterocycles. The number of nitrogens with one attached hydrogen (secondary N) is 2. The molecule has 2 heterocycles. The van der Waals surface area contributed by atoms with E-state index in [1.807, 2.05) is 24.3 Å². The van der Waals surface area contributed by atoms with E-state index in [2.05, 4.69) is 20.7 Å². The Balaban J connectivity index is 1.44. The quantitative estimate of drug-likeness (QED) is 0.820. The molecular formula is C15H19N5O2. The van der Waals surface area contributed by atoms with Gasteiger partial charge in [-0.05, 0) is 12.5 Å². The largest absolute Gasteiger partial charge is 0.493 e. The Bertz CT molecular complexity index is 614. The van der Waals surface area contributed by atoms with Crippen LogP contribution in [0.15, 0.2) is 36.9 Å². The summed E-state index contributed by atoms with van der Waals surface area (Å²) in [7, 11) is 0. The highest BCUT2D eigenvalue weighted by Gasteiger charge is 2.22. The van der Waals surface area contributed by atoms with Crippen molar-refractivity contribution in [1.82, 2.24) is 25.4 Å². The van der Waals surface area contributed by atoms with Gasteiger partial charge in [-0.3, -0.25) is 4.68 Å². The highest BCUT2D eigenvalue weighted by atomic mass is 16.5. The van der Waals surface area contributed by atoms with Crippen molar-refractivity contribution in [3.63, 3.8) is 0 Å². The highest BCUT2D eigenvalue weighted by molar-refractivity contribution is 5.74. The van der Waals surface area contributed by atoms with E-state index in [4.69, 9.17) is 4.74 Å². The lowest BCUT2D eigenvalue weighted by Crippen LogP contribution is -2.40. The minimum Gasteiger partial charge on any atom is -0.493 e. The number of benzene rings is 1. The second-order valence-corrected chi connectivity index (χ2v) is 5.14. The van der Waals surface area contributed by atoms with Gasteiger partial charge >= 0.3 is 6.03 Å². The third-order valence-corrected chi connectivity index (χ3v) is 3.58. The molecule has 1 unspecified atom stereocenters. The monoisotopic (exact) mass is 301 g/mol. The Hall–Kier alpha value is -2.57. The molecule has 3 rings (SSSR count). The van der Waals surface area contributed by atoms with Crippen molar-refractivity contribution in [1.29, 1.82) is 0 Å². The summed E-state index contributed by atoms with van der Waals surface area (Å²) in [5, 5.41) is 9.89. The smallest absolute Gasteiger partial charge is 0.315 e. The van der Waals surface area contributed by atoms with E-state index in [9.17, 15) is 4.79 Å². The number of amides is 2. The molecule has 7 nitrogen and oxygen atoms in total. The number of aryl methyl sites for hydroxylation is 1. The van der Waals surface area contributed by atoms with Gasteiger partial charge in [0.2, 0.25) is 0 Å². The van der Waals surface area contributed by atoms with Crippen LogP contribution in [0.25, 0.3) is 0 Å². The van der Waals surface area contributed by atoms with Gasteiger partial charge in [0.25, 0.3) is 0 Å². The molecule has 0 bridgehead atoms. The van der Waals surface area contributed by atoms with Gasteiger partial charge in [0, 0.05) is 25.1 Å². The highest BCUT2D eigenvalue weighted by Crippen LogP contribution is 2.31. The Labute approximate surface area is 128 Å². The standard InChI is InChI=1S/C15H19N5O2/c21-15(17-7-3-8-20-11-16-10-18-20)19-13-6-9-22-14-5-2-1-4-12(13)14/h1-2,4-5,10-11,13H,3,6-9H2,(H2,17,19,21). The molecule has 7 heteroatoms. The number of carbonyl (C=O) groups excluding carboxylic acids is 1. The lowest BCUT2D eigenvalue weighted by atomic mass is 10.0. The van der Waals surface area contributed by atoms with Gasteiger partial charge in [-0.15, -0.1) is 0 Å². The summed E-state index contributed by atoms with van der Waals surface area (Å²) in [5.74, 6) is 0.852. The number of urea groups is 1. The van der Waals surface area contributed by atoms with Crippen LogP contribution in [0.3, 0.4) is 0 Å². The number of rotatable bonds is 5. The molecule has 2 aromatic rings. The Morgan fingerprint density at radius 2 is 2.32 bits per heavy atom. The van der Waals surface area contributed by atoms with Gasteiger partial charge in [0.05, 0.1) is 12.6 Å². The van der Waals surface area contributed by atoms with Gasteiger partial charge in [0.1, 0.15) is 18.4 Å². The lowest BCUT2D eigenvalue weighted by Gasteiger charge is -2.26. The molecule has 1 aliphatic heterocycles. The van der Waals surface area contributed by atoms with Gasteiger partial charge in [-0.25, -0.2) is 9.78 Å². The molecule has 1 aliphatic rings. The minimum atomic E-state index is -0.153. The van der Waals surface area contributed by atoms with E-state index >= 15 is 0 Å². The van der Waals surface area contributed by atoms with Crippen LogP contribution in [0.1, 0.15) is 24.4 Å². The molecule has 0 radical (unpaired) electrons. The molecule has 116 valence electrons. The SMILES string of the molecule is O=C(NCCCn1cncn1)NC1CCOc2ccccc21. The number of hydrogen-bond donors (Lipinski definition) is 2. The lowest BCUT2D eigenvalue weighted by molar-refractivity contribution is 0.223. The van der Waals surface area contributed by atoms with E-state index in [-0.39, 0.29) is 12.1 Å². The van der Waals surface area contributed by atoms with Gasteiger partial charge in [0.15, 0.2) is 0 Å². The van der Waals surface area contributed by atoms with E-state index in [1.165, 1.54) is 6.33 Å². The first-order valence-corrected chi connectivity index (χ1v) is 7.41. The van der Waals surface area contributed by atoms with Crippen LogP contribution in [-0.2, 0) is 6.54 Å². The van der Waals surface area contributed by atoms with Crippen LogP contribution in [0, 0.1) is 0 Å². The van der Waals surface area contributed by atoms with E-state index in [0.29, 0.717) is 13.2 Å². The zero-order valence-corrected chi connectivity index (χ0v) is 12.2. The number of fused-ring (bicyclic) bond motifs is 1. The fourth-order valence-electron chi connectivity index (χ4n) is 2.49. The summed E-state index contributed by atoms with van der Waals surface area (Å²) in [6.45, 7) is 1.95. The molecule has 0 fully saturated rings. The number of nitrogens with zero attached hydrogens (tertiary/aromatic N) is 3. The maximum Gasteiger partial charge on any atom is 0.315 e.